The van der Waals surface area contributed by atoms with Crippen molar-refractivity contribution in [3.63, 3.8) is 0 Å². The summed E-state index contributed by atoms with van der Waals surface area (Å²) in [5.74, 6) is 0. The molecule has 2 aliphatic rings. The molecule has 2 nitrogen and oxygen atoms in total. The number of hydrogen-bond donors (Lipinski definition) is 2. The van der Waals surface area contributed by atoms with E-state index in [2.05, 4.69) is 5.32 Å². The van der Waals surface area contributed by atoms with Gasteiger partial charge in [0, 0.05) is 18.5 Å². The lowest BCUT2D eigenvalue weighted by Gasteiger charge is -2.37. The van der Waals surface area contributed by atoms with Crippen LogP contribution in [-0.4, -0.2) is 22.8 Å². The zero-order chi connectivity index (χ0) is 14.4. The van der Waals surface area contributed by atoms with Gasteiger partial charge in [0.1, 0.15) is 0 Å². The van der Waals surface area contributed by atoms with E-state index < -0.39 is 17.3 Å². The molecule has 2 atom stereocenters. The SMILES string of the molecule is OC1(Cc2ccccc2C(F)(F)F)CC2CCC(C1)N2. The molecule has 0 saturated carbocycles. The van der Waals surface area contributed by atoms with Gasteiger partial charge in [0.15, 0.2) is 0 Å². The van der Waals surface area contributed by atoms with Gasteiger partial charge >= 0.3 is 6.18 Å². The van der Waals surface area contributed by atoms with Crippen LogP contribution >= 0.6 is 0 Å². The number of piperidine rings is 1. The van der Waals surface area contributed by atoms with E-state index in [9.17, 15) is 18.3 Å². The highest BCUT2D eigenvalue weighted by Gasteiger charge is 2.43. The fourth-order valence-corrected chi connectivity index (χ4v) is 3.67. The summed E-state index contributed by atoms with van der Waals surface area (Å²) >= 11 is 0. The minimum Gasteiger partial charge on any atom is -0.389 e. The molecule has 2 heterocycles. The number of hydrogen-bond acceptors (Lipinski definition) is 2. The monoisotopic (exact) mass is 285 g/mol. The van der Waals surface area contributed by atoms with E-state index in [0.717, 1.165) is 18.9 Å². The molecule has 1 aromatic rings. The van der Waals surface area contributed by atoms with Gasteiger partial charge < -0.3 is 10.4 Å². The van der Waals surface area contributed by atoms with Crippen molar-refractivity contribution >= 4 is 0 Å². The minimum absolute atomic E-state index is 0.0807. The molecule has 2 unspecified atom stereocenters. The largest absolute Gasteiger partial charge is 0.416 e. The number of halogens is 3. The molecule has 5 heteroatoms. The van der Waals surface area contributed by atoms with E-state index in [0.29, 0.717) is 12.8 Å². The van der Waals surface area contributed by atoms with Gasteiger partial charge in [0.25, 0.3) is 0 Å². The molecule has 110 valence electrons. The summed E-state index contributed by atoms with van der Waals surface area (Å²) in [6, 6.07) is 6.05. The molecule has 0 spiro atoms. The van der Waals surface area contributed by atoms with Crippen LogP contribution in [0.5, 0.6) is 0 Å². The Morgan fingerprint density at radius 1 is 1.15 bits per heavy atom. The fraction of sp³-hybridized carbons (Fsp3) is 0.600. The third-order valence-electron chi connectivity index (χ3n) is 4.43. The average Bonchev–Trinajstić information content (AvgIpc) is 2.68. The van der Waals surface area contributed by atoms with Gasteiger partial charge in [0.05, 0.1) is 11.2 Å². The molecule has 20 heavy (non-hydrogen) atoms. The summed E-state index contributed by atoms with van der Waals surface area (Å²) in [6.45, 7) is 0. The minimum atomic E-state index is -4.36. The molecule has 0 amide bonds. The zero-order valence-electron chi connectivity index (χ0n) is 11.1. The van der Waals surface area contributed by atoms with Crippen LogP contribution in [-0.2, 0) is 12.6 Å². The predicted molar refractivity (Wildman–Crippen MR) is 69.3 cm³/mol. The van der Waals surface area contributed by atoms with Crippen molar-refractivity contribution < 1.29 is 18.3 Å². The first kappa shape index (κ1) is 13.9. The third kappa shape index (κ3) is 2.69. The van der Waals surface area contributed by atoms with Crippen LogP contribution in [0.2, 0.25) is 0 Å². The Hall–Kier alpha value is -1.07. The highest BCUT2D eigenvalue weighted by molar-refractivity contribution is 5.31. The molecule has 2 aliphatic heterocycles. The summed E-state index contributed by atoms with van der Waals surface area (Å²) in [5.41, 5.74) is -1.44. The maximum atomic E-state index is 13.0. The molecule has 0 aliphatic carbocycles. The molecule has 3 rings (SSSR count). The molecule has 0 radical (unpaired) electrons. The Morgan fingerprint density at radius 3 is 2.35 bits per heavy atom. The van der Waals surface area contributed by atoms with Crippen molar-refractivity contribution in [1.29, 1.82) is 0 Å². The van der Waals surface area contributed by atoms with Crippen molar-refractivity contribution in [2.24, 2.45) is 0 Å². The van der Waals surface area contributed by atoms with E-state index in [1.54, 1.807) is 6.07 Å². The summed E-state index contributed by atoms with van der Waals surface area (Å²) in [7, 11) is 0. The molecule has 2 saturated heterocycles. The van der Waals surface area contributed by atoms with E-state index in [1.165, 1.54) is 12.1 Å². The highest BCUT2D eigenvalue weighted by atomic mass is 19.4. The van der Waals surface area contributed by atoms with Crippen LogP contribution in [0.4, 0.5) is 13.2 Å². The van der Waals surface area contributed by atoms with Gasteiger partial charge in [-0.15, -0.1) is 0 Å². The van der Waals surface area contributed by atoms with E-state index in [4.69, 9.17) is 0 Å². The fourth-order valence-electron chi connectivity index (χ4n) is 3.67. The van der Waals surface area contributed by atoms with Gasteiger partial charge in [-0.25, -0.2) is 0 Å². The van der Waals surface area contributed by atoms with Crippen LogP contribution in [0, 0.1) is 0 Å². The standard InChI is InChI=1S/C15H18F3NO/c16-15(17,18)13-4-2-1-3-10(13)7-14(20)8-11-5-6-12(9-14)19-11/h1-4,11-12,19-20H,5-9H2. The van der Waals surface area contributed by atoms with Gasteiger partial charge in [0.2, 0.25) is 0 Å². The maximum Gasteiger partial charge on any atom is 0.416 e. The van der Waals surface area contributed by atoms with Crippen molar-refractivity contribution in [2.75, 3.05) is 0 Å². The third-order valence-corrected chi connectivity index (χ3v) is 4.43. The normalized spacial score (nSPS) is 33.4. The van der Waals surface area contributed by atoms with Crippen molar-refractivity contribution in [3.05, 3.63) is 35.4 Å². The van der Waals surface area contributed by atoms with Crippen molar-refractivity contribution in [1.82, 2.24) is 5.32 Å². The Balaban J connectivity index is 1.84. The van der Waals surface area contributed by atoms with Crippen LogP contribution in [0.25, 0.3) is 0 Å². The molecule has 0 aromatic heterocycles. The second-order valence-electron chi connectivity index (χ2n) is 6.10. The van der Waals surface area contributed by atoms with E-state index >= 15 is 0 Å². The molecular weight excluding hydrogens is 267 g/mol. The summed E-state index contributed by atoms with van der Waals surface area (Å²) < 4.78 is 39.0. The first-order valence-corrected chi connectivity index (χ1v) is 6.99. The summed E-state index contributed by atoms with van der Waals surface area (Å²) in [6.07, 6.45) is -1.19. The lowest BCUT2D eigenvalue weighted by atomic mass is 9.81. The summed E-state index contributed by atoms with van der Waals surface area (Å²) in [4.78, 5) is 0. The number of alkyl halides is 3. The van der Waals surface area contributed by atoms with Crippen molar-refractivity contribution in [2.45, 2.75) is 56.0 Å². The Kier molecular flexibility index (Phi) is 3.29. The second-order valence-corrected chi connectivity index (χ2v) is 6.10. The number of benzene rings is 1. The van der Waals surface area contributed by atoms with Crippen LogP contribution in [0.3, 0.4) is 0 Å². The number of rotatable bonds is 2. The predicted octanol–water partition coefficient (Wildman–Crippen LogP) is 2.89. The lowest BCUT2D eigenvalue weighted by molar-refractivity contribution is -0.138. The summed E-state index contributed by atoms with van der Waals surface area (Å²) in [5, 5.41) is 14.1. The topological polar surface area (TPSA) is 32.3 Å². The van der Waals surface area contributed by atoms with E-state index in [-0.39, 0.29) is 24.1 Å². The maximum absolute atomic E-state index is 13.0. The lowest BCUT2D eigenvalue weighted by Crippen LogP contribution is -2.49. The van der Waals surface area contributed by atoms with E-state index in [1.807, 2.05) is 0 Å². The van der Waals surface area contributed by atoms with Gasteiger partial charge in [-0.05, 0) is 37.3 Å². The average molecular weight is 285 g/mol. The number of fused-ring (bicyclic) bond motifs is 2. The molecule has 2 N–H and O–H groups in total. The molecule has 1 aromatic carbocycles. The van der Waals surface area contributed by atoms with Gasteiger partial charge in [-0.2, -0.15) is 13.2 Å². The van der Waals surface area contributed by atoms with Crippen LogP contribution < -0.4 is 5.32 Å². The number of nitrogens with one attached hydrogen (secondary N) is 1. The van der Waals surface area contributed by atoms with Crippen LogP contribution in [0.1, 0.15) is 36.8 Å². The molecular formula is C15H18F3NO. The quantitative estimate of drug-likeness (QED) is 0.875. The first-order valence-electron chi connectivity index (χ1n) is 6.99. The van der Waals surface area contributed by atoms with Crippen LogP contribution in [0.15, 0.2) is 24.3 Å². The second kappa shape index (κ2) is 4.74. The smallest absolute Gasteiger partial charge is 0.389 e. The Morgan fingerprint density at radius 2 is 1.75 bits per heavy atom. The van der Waals surface area contributed by atoms with Gasteiger partial charge in [-0.1, -0.05) is 18.2 Å². The molecule has 2 bridgehead atoms. The number of aliphatic hydroxyl groups is 1. The molecule has 2 fully saturated rings. The Bertz CT molecular complexity index is 488. The highest BCUT2D eigenvalue weighted by Crippen LogP contribution is 2.39. The van der Waals surface area contributed by atoms with Gasteiger partial charge in [-0.3, -0.25) is 0 Å². The Labute approximate surface area is 116 Å². The zero-order valence-corrected chi connectivity index (χ0v) is 11.1. The first-order chi connectivity index (χ1) is 9.36. The van der Waals surface area contributed by atoms with Crippen molar-refractivity contribution in [3.8, 4) is 0 Å².